The lowest BCUT2D eigenvalue weighted by molar-refractivity contribution is -0.147. The van der Waals surface area contributed by atoms with E-state index in [0.717, 1.165) is 0 Å². The van der Waals surface area contributed by atoms with Crippen molar-refractivity contribution in [3.63, 3.8) is 0 Å². The molecule has 1 amide bonds. The van der Waals surface area contributed by atoms with Crippen LogP contribution in [-0.4, -0.2) is 49.3 Å². The molecule has 2 bridgehead atoms. The molecule has 2 aliphatic heterocycles. The van der Waals surface area contributed by atoms with Gasteiger partial charge >= 0.3 is 0 Å². The van der Waals surface area contributed by atoms with Crippen LogP contribution < -0.4 is 0 Å². The van der Waals surface area contributed by atoms with Gasteiger partial charge in [0.1, 0.15) is 6.61 Å². The number of carbonyl (C=O) groups excluding carboxylic acids is 1. The monoisotopic (exact) mass is 171 g/mol. The fourth-order valence-electron chi connectivity index (χ4n) is 1.59. The molecule has 0 aliphatic carbocycles. The number of ether oxygens (including phenoxy) is 2. The summed E-state index contributed by atoms with van der Waals surface area (Å²) in [4.78, 5) is 13.1. The molecule has 0 radical (unpaired) electrons. The molecule has 0 spiro atoms. The Morgan fingerprint density at radius 2 is 2.25 bits per heavy atom. The number of carbonyl (C=O) groups is 1. The third kappa shape index (κ3) is 1.44. The molecule has 0 aromatic carbocycles. The van der Waals surface area contributed by atoms with Crippen LogP contribution in [-0.2, 0) is 14.3 Å². The Labute approximate surface area is 71.4 Å². The van der Waals surface area contributed by atoms with E-state index in [4.69, 9.17) is 9.47 Å². The van der Waals surface area contributed by atoms with Crippen molar-refractivity contribution in [1.29, 1.82) is 0 Å². The highest BCUT2D eigenvalue weighted by Gasteiger charge is 2.30. The molecule has 4 nitrogen and oxygen atoms in total. The van der Waals surface area contributed by atoms with Gasteiger partial charge in [0.15, 0.2) is 0 Å². The Kier molecular flexibility index (Phi) is 2.02. The van der Waals surface area contributed by atoms with Crippen molar-refractivity contribution in [2.75, 3.05) is 26.3 Å². The van der Waals surface area contributed by atoms with Gasteiger partial charge in [0.05, 0.1) is 18.8 Å². The molecule has 2 atom stereocenters. The summed E-state index contributed by atoms with van der Waals surface area (Å²) in [6.45, 7) is 4.22. The highest BCUT2D eigenvalue weighted by atomic mass is 16.5. The Hall–Kier alpha value is -0.610. The first-order valence-electron chi connectivity index (χ1n) is 4.26. The van der Waals surface area contributed by atoms with E-state index in [1.54, 1.807) is 0 Å². The Balaban J connectivity index is 2.08. The van der Waals surface area contributed by atoms with Crippen molar-refractivity contribution < 1.29 is 14.3 Å². The first kappa shape index (κ1) is 8.01. The number of fused-ring (bicyclic) bond motifs is 2. The van der Waals surface area contributed by atoms with Crippen molar-refractivity contribution in [2.24, 2.45) is 0 Å². The highest BCUT2D eigenvalue weighted by Crippen LogP contribution is 2.13. The minimum atomic E-state index is 0.0867. The van der Waals surface area contributed by atoms with Gasteiger partial charge in [0.2, 0.25) is 5.91 Å². The van der Waals surface area contributed by atoms with Crippen molar-refractivity contribution >= 4 is 5.91 Å². The zero-order valence-corrected chi connectivity index (χ0v) is 7.16. The topological polar surface area (TPSA) is 38.8 Å². The Bertz CT molecular complexity index is 193. The molecule has 1 unspecified atom stereocenters. The summed E-state index contributed by atoms with van der Waals surface area (Å²) in [5.41, 5.74) is 0. The number of hydrogen-bond acceptors (Lipinski definition) is 3. The Morgan fingerprint density at radius 3 is 3.08 bits per heavy atom. The molecule has 0 aromatic rings. The lowest BCUT2D eigenvalue weighted by atomic mass is 10.3. The minimum Gasteiger partial charge on any atom is -0.374 e. The van der Waals surface area contributed by atoms with E-state index in [1.807, 2.05) is 11.8 Å². The van der Waals surface area contributed by atoms with Crippen LogP contribution in [0.3, 0.4) is 0 Å². The average Bonchev–Trinajstić information content (AvgIpc) is 2.20. The van der Waals surface area contributed by atoms with Crippen LogP contribution in [0, 0.1) is 0 Å². The number of morpholine rings is 1. The molecule has 68 valence electrons. The molecule has 2 heterocycles. The summed E-state index contributed by atoms with van der Waals surface area (Å²) in [5.74, 6) is 0.0867. The molecule has 2 aliphatic rings. The Morgan fingerprint density at radius 1 is 1.42 bits per heavy atom. The zero-order valence-electron chi connectivity index (χ0n) is 7.16. The summed E-state index contributed by atoms with van der Waals surface area (Å²) < 4.78 is 10.7. The molecule has 4 heteroatoms. The predicted molar refractivity (Wildman–Crippen MR) is 41.7 cm³/mol. The lowest BCUT2D eigenvalue weighted by Crippen LogP contribution is -2.47. The van der Waals surface area contributed by atoms with Gasteiger partial charge in [-0.2, -0.15) is 0 Å². The summed E-state index contributed by atoms with van der Waals surface area (Å²) in [7, 11) is 0. The van der Waals surface area contributed by atoms with Crippen molar-refractivity contribution in [2.45, 2.75) is 19.1 Å². The number of amides is 1. The van der Waals surface area contributed by atoms with E-state index in [2.05, 4.69) is 0 Å². The van der Waals surface area contributed by atoms with E-state index in [9.17, 15) is 4.79 Å². The van der Waals surface area contributed by atoms with Crippen LogP contribution in [0.2, 0.25) is 0 Å². The maximum Gasteiger partial charge on any atom is 0.248 e. The lowest BCUT2D eigenvalue weighted by Gasteiger charge is -2.29. The largest absolute Gasteiger partial charge is 0.374 e. The molecule has 0 N–H and O–H groups in total. The first-order chi connectivity index (χ1) is 5.75. The van der Waals surface area contributed by atoms with Crippen LogP contribution in [0.4, 0.5) is 0 Å². The quantitative estimate of drug-likeness (QED) is 0.499. The standard InChI is InChI=1S/C8H13NO3/c1-6-2-9-3-7(4-11-6)12-5-8(9)10/h6-7H,2-5H2,1H3/t6-,7?/m0/s1. The van der Waals surface area contributed by atoms with Gasteiger partial charge in [0, 0.05) is 13.1 Å². The molecule has 0 aromatic heterocycles. The van der Waals surface area contributed by atoms with Crippen molar-refractivity contribution in [1.82, 2.24) is 4.90 Å². The van der Waals surface area contributed by atoms with Crippen LogP contribution >= 0.6 is 0 Å². The molecule has 2 rings (SSSR count). The second kappa shape index (κ2) is 3.03. The zero-order chi connectivity index (χ0) is 8.55. The summed E-state index contributed by atoms with van der Waals surface area (Å²) >= 11 is 0. The van der Waals surface area contributed by atoms with E-state index in [0.29, 0.717) is 19.7 Å². The van der Waals surface area contributed by atoms with E-state index < -0.39 is 0 Å². The predicted octanol–water partition coefficient (Wildman–Crippen LogP) is -0.368. The fourth-order valence-corrected chi connectivity index (χ4v) is 1.59. The third-order valence-corrected chi connectivity index (χ3v) is 2.26. The highest BCUT2D eigenvalue weighted by molar-refractivity contribution is 5.78. The number of hydrogen-bond donors (Lipinski definition) is 0. The maximum atomic E-state index is 11.2. The van der Waals surface area contributed by atoms with Gasteiger partial charge in [-0.05, 0) is 6.92 Å². The minimum absolute atomic E-state index is 0.0867. The molecule has 0 saturated carbocycles. The molecule has 12 heavy (non-hydrogen) atoms. The molecular formula is C8H13NO3. The van der Waals surface area contributed by atoms with Crippen molar-refractivity contribution in [3.05, 3.63) is 0 Å². The summed E-state index contributed by atoms with van der Waals surface area (Å²) in [5, 5.41) is 0. The third-order valence-electron chi connectivity index (χ3n) is 2.26. The second-order valence-corrected chi connectivity index (χ2v) is 3.38. The molecular weight excluding hydrogens is 158 g/mol. The number of nitrogens with zero attached hydrogens (tertiary/aromatic N) is 1. The SMILES string of the molecule is C[C@H]1CN2CC(CO1)OCC2=O. The summed E-state index contributed by atoms with van der Waals surface area (Å²) in [6, 6.07) is 0. The van der Waals surface area contributed by atoms with E-state index in [1.165, 1.54) is 0 Å². The fraction of sp³-hybridized carbons (Fsp3) is 0.875. The van der Waals surface area contributed by atoms with Crippen LogP contribution in [0.25, 0.3) is 0 Å². The second-order valence-electron chi connectivity index (χ2n) is 3.38. The first-order valence-corrected chi connectivity index (χ1v) is 4.26. The van der Waals surface area contributed by atoms with Gasteiger partial charge in [-0.25, -0.2) is 0 Å². The van der Waals surface area contributed by atoms with Gasteiger partial charge in [-0.3, -0.25) is 4.79 Å². The average molecular weight is 171 g/mol. The van der Waals surface area contributed by atoms with E-state index in [-0.39, 0.29) is 24.7 Å². The van der Waals surface area contributed by atoms with Crippen LogP contribution in [0.5, 0.6) is 0 Å². The molecule has 2 saturated heterocycles. The molecule has 2 fully saturated rings. The van der Waals surface area contributed by atoms with Gasteiger partial charge in [-0.15, -0.1) is 0 Å². The van der Waals surface area contributed by atoms with Gasteiger partial charge in [-0.1, -0.05) is 0 Å². The maximum absolute atomic E-state index is 11.2. The van der Waals surface area contributed by atoms with Crippen LogP contribution in [0.15, 0.2) is 0 Å². The number of rotatable bonds is 0. The van der Waals surface area contributed by atoms with Crippen molar-refractivity contribution in [3.8, 4) is 0 Å². The van der Waals surface area contributed by atoms with Crippen LogP contribution in [0.1, 0.15) is 6.92 Å². The summed E-state index contributed by atoms with van der Waals surface area (Å²) in [6.07, 6.45) is 0.230. The smallest absolute Gasteiger partial charge is 0.248 e. The van der Waals surface area contributed by atoms with E-state index >= 15 is 0 Å². The normalized spacial score (nSPS) is 36.4. The van der Waals surface area contributed by atoms with Gasteiger partial charge in [0.25, 0.3) is 0 Å². The van der Waals surface area contributed by atoms with Gasteiger partial charge < -0.3 is 14.4 Å².